The lowest BCUT2D eigenvalue weighted by Crippen LogP contribution is -2.45. The molecule has 1 atom stereocenters. The van der Waals surface area contributed by atoms with Gasteiger partial charge in [-0.1, -0.05) is 6.07 Å². The Balaban J connectivity index is 1.54. The van der Waals surface area contributed by atoms with Gasteiger partial charge in [0.25, 0.3) is 0 Å². The number of halogens is 3. The van der Waals surface area contributed by atoms with Crippen molar-refractivity contribution in [2.75, 3.05) is 22.2 Å². The Morgan fingerprint density at radius 1 is 1.23 bits per heavy atom. The lowest BCUT2D eigenvalue weighted by Gasteiger charge is -2.33. The summed E-state index contributed by atoms with van der Waals surface area (Å²) < 4.78 is 39.5. The van der Waals surface area contributed by atoms with E-state index in [1.54, 1.807) is 32.0 Å². The number of aromatic nitrogens is 5. The molecule has 1 aliphatic heterocycles. The number of carbonyl (C=O) groups is 2. The summed E-state index contributed by atoms with van der Waals surface area (Å²) >= 11 is 0. The molecule has 3 aromatic rings. The van der Waals surface area contributed by atoms with Gasteiger partial charge >= 0.3 is 12.3 Å². The van der Waals surface area contributed by atoms with Crippen LogP contribution >= 0.6 is 0 Å². The van der Waals surface area contributed by atoms with E-state index in [1.165, 1.54) is 16.9 Å². The van der Waals surface area contributed by atoms with E-state index in [1.807, 2.05) is 0 Å². The van der Waals surface area contributed by atoms with Gasteiger partial charge in [0.1, 0.15) is 17.4 Å². The highest BCUT2D eigenvalue weighted by Gasteiger charge is 2.33. The molecule has 0 aliphatic carbocycles. The number of hydrogen-bond acceptors (Lipinski definition) is 7. The highest BCUT2D eigenvalue weighted by atomic mass is 19.4. The molecule has 0 radical (unpaired) electrons. The van der Waals surface area contributed by atoms with Crippen molar-refractivity contribution in [1.29, 1.82) is 0 Å². The van der Waals surface area contributed by atoms with Crippen LogP contribution in [0.15, 0.2) is 30.7 Å². The topological polar surface area (TPSA) is 129 Å². The third kappa shape index (κ3) is 4.85. The molecule has 4 rings (SSSR count). The minimum Gasteiger partial charge on any atom is -0.465 e. The molecule has 4 heterocycles. The van der Waals surface area contributed by atoms with E-state index < -0.39 is 24.0 Å². The zero-order valence-corrected chi connectivity index (χ0v) is 18.9. The highest BCUT2D eigenvalue weighted by molar-refractivity contribution is 6.03. The summed E-state index contributed by atoms with van der Waals surface area (Å²) in [6.07, 6.45) is -1.67. The fourth-order valence-corrected chi connectivity index (χ4v) is 3.51. The third-order valence-corrected chi connectivity index (χ3v) is 5.56. The van der Waals surface area contributed by atoms with Crippen molar-refractivity contribution in [3.05, 3.63) is 53.2 Å². The Morgan fingerprint density at radius 2 is 1.97 bits per heavy atom. The molecule has 0 saturated carbocycles. The maximum absolute atomic E-state index is 12.7. The van der Waals surface area contributed by atoms with Gasteiger partial charge in [0.15, 0.2) is 5.82 Å². The molecule has 0 fully saturated rings. The van der Waals surface area contributed by atoms with Crippen molar-refractivity contribution in [3.8, 4) is 0 Å². The lowest BCUT2D eigenvalue weighted by atomic mass is 10.2. The second-order valence-corrected chi connectivity index (χ2v) is 8.05. The fourth-order valence-electron chi connectivity index (χ4n) is 3.51. The first-order valence-electron chi connectivity index (χ1n) is 10.4. The molecule has 0 spiro atoms. The van der Waals surface area contributed by atoms with Gasteiger partial charge < -0.3 is 15.3 Å². The van der Waals surface area contributed by atoms with E-state index in [0.29, 0.717) is 28.3 Å². The van der Waals surface area contributed by atoms with Crippen LogP contribution in [-0.4, -0.2) is 54.9 Å². The maximum atomic E-state index is 12.7. The molecule has 2 N–H and O–H groups in total. The number of pyridine rings is 1. The van der Waals surface area contributed by atoms with Gasteiger partial charge in [-0.3, -0.25) is 14.5 Å². The van der Waals surface area contributed by atoms with Crippen LogP contribution < -0.4 is 15.1 Å². The zero-order valence-electron chi connectivity index (χ0n) is 18.9. The normalized spacial score (nSPS) is 15.5. The second kappa shape index (κ2) is 8.85. The van der Waals surface area contributed by atoms with Crippen molar-refractivity contribution in [2.45, 2.75) is 39.2 Å². The average Bonchev–Trinajstić information content (AvgIpc) is 3.23. The van der Waals surface area contributed by atoms with Crippen LogP contribution in [0.4, 0.5) is 35.4 Å². The van der Waals surface area contributed by atoms with E-state index >= 15 is 0 Å². The lowest BCUT2D eigenvalue weighted by molar-refractivity contribution is -0.141. The largest absolute Gasteiger partial charge is 0.465 e. The standard InChI is InChI=1S/C21H21F3N8O3/c1-11-16-17(30(3)12(2)18(33)28-16)29-19(27-11)32(20(34)35)10-14-7-26-31(9-14)8-13-4-5-15(25-6-13)21(22,23)24/h4-7,9,12H,8,10H2,1-3H3,(H,28,33)(H,34,35)/t12-/m0/s1. The molecule has 14 heteroatoms. The van der Waals surface area contributed by atoms with Gasteiger partial charge in [-0.05, 0) is 25.5 Å². The molecular formula is C21H21F3N8O3. The van der Waals surface area contributed by atoms with Crippen molar-refractivity contribution in [3.63, 3.8) is 0 Å². The molecule has 0 bridgehead atoms. The Kier molecular flexibility index (Phi) is 6.05. The number of fused-ring (bicyclic) bond motifs is 1. The number of anilines is 3. The molecule has 11 nitrogen and oxygen atoms in total. The van der Waals surface area contributed by atoms with Gasteiger partial charge in [0.05, 0.1) is 25.0 Å². The van der Waals surface area contributed by atoms with Crippen molar-refractivity contribution in [2.24, 2.45) is 0 Å². The summed E-state index contributed by atoms with van der Waals surface area (Å²) in [5, 5.41) is 16.7. The Morgan fingerprint density at radius 3 is 2.60 bits per heavy atom. The van der Waals surface area contributed by atoms with Gasteiger partial charge in [0, 0.05) is 25.0 Å². The molecule has 0 unspecified atom stereocenters. The number of likely N-dealkylation sites (N-methyl/N-ethyl adjacent to an activating group) is 1. The zero-order chi connectivity index (χ0) is 25.5. The SMILES string of the molecule is Cc1nc(N(Cc2cnn(Cc3ccc(C(F)(F)F)nc3)c2)C(=O)O)nc2c1NC(=O)[C@H](C)N2C. The Bertz CT molecular complexity index is 1280. The minimum absolute atomic E-state index is 0.0661. The van der Waals surface area contributed by atoms with Crippen LogP contribution in [0.25, 0.3) is 0 Å². The van der Waals surface area contributed by atoms with E-state index in [9.17, 15) is 27.9 Å². The van der Waals surface area contributed by atoms with E-state index in [-0.39, 0.29) is 24.9 Å². The molecule has 0 aromatic carbocycles. The summed E-state index contributed by atoms with van der Waals surface area (Å²) in [6.45, 7) is 3.37. The van der Waals surface area contributed by atoms with E-state index in [0.717, 1.165) is 17.2 Å². The van der Waals surface area contributed by atoms with Crippen LogP contribution in [0.3, 0.4) is 0 Å². The van der Waals surface area contributed by atoms with Crippen LogP contribution in [0.5, 0.6) is 0 Å². The number of amides is 2. The first-order chi connectivity index (χ1) is 16.4. The number of carboxylic acid groups (broad SMARTS) is 1. The summed E-state index contributed by atoms with van der Waals surface area (Å²) in [5.41, 5.74) is 0.854. The molecular weight excluding hydrogens is 469 g/mol. The number of aryl methyl sites for hydroxylation is 1. The van der Waals surface area contributed by atoms with E-state index in [2.05, 4.69) is 25.4 Å². The predicted molar refractivity (Wildman–Crippen MR) is 118 cm³/mol. The van der Waals surface area contributed by atoms with Crippen LogP contribution in [0.1, 0.15) is 29.4 Å². The number of nitrogens with zero attached hydrogens (tertiary/aromatic N) is 7. The summed E-state index contributed by atoms with van der Waals surface area (Å²) in [4.78, 5) is 38.8. The fraction of sp³-hybridized carbons (Fsp3) is 0.333. The van der Waals surface area contributed by atoms with Gasteiger partial charge in [-0.2, -0.15) is 23.3 Å². The molecule has 35 heavy (non-hydrogen) atoms. The number of rotatable bonds is 5. The quantitative estimate of drug-likeness (QED) is 0.559. The highest BCUT2D eigenvalue weighted by Crippen LogP contribution is 2.33. The molecule has 1 aliphatic rings. The number of carbonyl (C=O) groups excluding carboxylic acids is 1. The summed E-state index contributed by atoms with van der Waals surface area (Å²) in [5.74, 6) is 0.116. The first-order valence-corrected chi connectivity index (χ1v) is 10.4. The van der Waals surface area contributed by atoms with Crippen LogP contribution in [0, 0.1) is 6.92 Å². The molecule has 3 aromatic heterocycles. The van der Waals surface area contributed by atoms with Crippen molar-refractivity contribution >= 4 is 29.5 Å². The van der Waals surface area contributed by atoms with Gasteiger partial charge in [-0.15, -0.1) is 0 Å². The number of hydrogen-bond donors (Lipinski definition) is 2. The minimum atomic E-state index is -4.52. The Labute approximate surface area is 197 Å². The van der Waals surface area contributed by atoms with Crippen LogP contribution in [-0.2, 0) is 24.1 Å². The third-order valence-electron chi connectivity index (χ3n) is 5.56. The maximum Gasteiger partial charge on any atom is 0.433 e. The van der Waals surface area contributed by atoms with E-state index in [4.69, 9.17) is 0 Å². The smallest absolute Gasteiger partial charge is 0.433 e. The average molecular weight is 490 g/mol. The monoisotopic (exact) mass is 490 g/mol. The van der Waals surface area contributed by atoms with Crippen LogP contribution in [0.2, 0.25) is 0 Å². The molecule has 2 amide bonds. The first kappa shape index (κ1) is 23.9. The van der Waals surface area contributed by atoms with Gasteiger partial charge in [-0.25, -0.2) is 14.7 Å². The predicted octanol–water partition coefficient (Wildman–Crippen LogP) is 2.91. The Hall–Kier alpha value is -4.23. The summed E-state index contributed by atoms with van der Waals surface area (Å²) in [7, 11) is 1.68. The summed E-state index contributed by atoms with van der Waals surface area (Å²) in [6, 6.07) is 1.70. The van der Waals surface area contributed by atoms with Crippen molar-refractivity contribution in [1.82, 2.24) is 24.7 Å². The second-order valence-electron chi connectivity index (χ2n) is 8.05. The molecule has 184 valence electrons. The number of nitrogens with one attached hydrogen (secondary N) is 1. The number of alkyl halides is 3. The van der Waals surface area contributed by atoms with Crippen molar-refractivity contribution < 1.29 is 27.9 Å². The molecule has 0 saturated heterocycles. The van der Waals surface area contributed by atoms with Gasteiger partial charge in [0.2, 0.25) is 11.9 Å².